The molecule has 1 heterocycles. The SMILES string of the molecule is COc1ccc2ncc(O)c(C(=O)O)c2c1. The fourth-order valence-electron chi connectivity index (χ4n) is 1.51. The monoisotopic (exact) mass is 219 g/mol. The molecule has 5 nitrogen and oxygen atoms in total. The average Bonchev–Trinajstić information content (AvgIpc) is 2.27. The Balaban J connectivity index is 2.83. The Morgan fingerprint density at radius 2 is 2.19 bits per heavy atom. The molecule has 0 aliphatic rings. The third-order valence-electron chi connectivity index (χ3n) is 2.27. The summed E-state index contributed by atoms with van der Waals surface area (Å²) in [4.78, 5) is 14.9. The number of carboxylic acids is 1. The van der Waals surface area contributed by atoms with Gasteiger partial charge in [0.05, 0.1) is 18.8 Å². The van der Waals surface area contributed by atoms with Gasteiger partial charge in [-0.2, -0.15) is 0 Å². The van der Waals surface area contributed by atoms with Gasteiger partial charge in [0.25, 0.3) is 0 Å². The van der Waals surface area contributed by atoms with Crippen molar-refractivity contribution in [3.8, 4) is 11.5 Å². The molecule has 0 spiro atoms. The highest BCUT2D eigenvalue weighted by Gasteiger charge is 2.15. The Labute approximate surface area is 90.9 Å². The van der Waals surface area contributed by atoms with Crippen LogP contribution in [0.5, 0.6) is 11.5 Å². The van der Waals surface area contributed by atoms with Crippen LogP contribution in [0.15, 0.2) is 24.4 Å². The molecule has 0 amide bonds. The Morgan fingerprint density at radius 3 is 2.81 bits per heavy atom. The smallest absolute Gasteiger partial charge is 0.340 e. The van der Waals surface area contributed by atoms with Crippen LogP contribution < -0.4 is 4.74 Å². The van der Waals surface area contributed by atoms with E-state index in [1.807, 2.05) is 0 Å². The van der Waals surface area contributed by atoms with Crippen molar-refractivity contribution >= 4 is 16.9 Å². The summed E-state index contributed by atoms with van der Waals surface area (Å²) >= 11 is 0. The molecule has 82 valence electrons. The molecule has 0 atom stereocenters. The van der Waals surface area contributed by atoms with Crippen LogP contribution in [0, 0.1) is 0 Å². The Morgan fingerprint density at radius 1 is 1.44 bits per heavy atom. The molecule has 2 N–H and O–H groups in total. The topological polar surface area (TPSA) is 79.7 Å². The van der Waals surface area contributed by atoms with Crippen LogP contribution in [-0.2, 0) is 0 Å². The molecule has 1 aromatic carbocycles. The number of hydrogen-bond donors (Lipinski definition) is 2. The molecule has 0 fully saturated rings. The molecule has 16 heavy (non-hydrogen) atoms. The maximum Gasteiger partial charge on any atom is 0.340 e. The quantitative estimate of drug-likeness (QED) is 0.802. The molecule has 0 bridgehead atoms. The van der Waals surface area contributed by atoms with Crippen molar-refractivity contribution in [1.82, 2.24) is 4.98 Å². The molecule has 1 aromatic heterocycles. The van der Waals surface area contributed by atoms with Gasteiger partial charge in [0.1, 0.15) is 17.1 Å². The minimum atomic E-state index is -1.20. The summed E-state index contributed by atoms with van der Waals surface area (Å²) in [7, 11) is 1.48. The largest absolute Gasteiger partial charge is 0.505 e. The van der Waals surface area contributed by atoms with Crippen LogP contribution in [0.1, 0.15) is 10.4 Å². The summed E-state index contributed by atoms with van der Waals surface area (Å²) in [5.74, 6) is -1.03. The maximum atomic E-state index is 11.0. The number of methoxy groups -OCH3 is 1. The van der Waals surface area contributed by atoms with Gasteiger partial charge in [-0.05, 0) is 18.2 Å². The highest BCUT2D eigenvalue weighted by Crippen LogP contribution is 2.28. The molecule has 0 saturated carbocycles. The summed E-state index contributed by atoms with van der Waals surface area (Å²) in [6.45, 7) is 0. The second-order valence-electron chi connectivity index (χ2n) is 3.21. The van der Waals surface area contributed by atoms with Gasteiger partial charge in [-0.3, -0.25) is 4.98 Å². The number of aromatic hydroxyl groups is 1. The van der Waals surface area contributed by atoms with E-state index in [0.717, 1.165) is 6.20 Å². The summed E-state index contributed by atoms with van der Waals surface area (Å²) in [5, 5.41) is 18.8. The standard InChI is InChI=1S/C11H9NO4/c1-16-6-2-3-8-7(4-6)10(11(14)15)9(13)5-12-8/h2-5,13H,1H3,(H,14,15). The zero-order chi connectivity index (χ0) is 11.7. The van der Waals surface area contributed by atoms with Gasteiger partial charge in [0.15, 0.2) is 0 Å². The minimum Gasteiger partial charge on any atom is -0.505 e. The summed E-state index contributed by atoms with van der Waals surface area (Å²) in [6.07, 6.45) is 1.12. The normalized spacial score (nSPS) is 10.3. The molecule has 0 aliphatic heterocycles. The van der Waals surface area contributed by atoms with Gasteiger partial charge in [0.2, 0.25) is 0 Å². The number of ether oxygens (including phenoxy) is 1. The number of pyridine rings is 1. The fraction of sp³-hybridized carbons (Fsp3) is 0.0909. The molecule has 0 unspecified atom stereocenters. The number of hydrogen-bond acceptors (Lipinski definition) is 4. The van der Waals surface area contributed by atoms with Crippen LogP contribution in [0.3, 0.4) is 0 Å². The number of aromatic carboxylic acids is 1. The van der Waals surface area contributed by atoms with Crippen LogP contribution in [0.25, 0.3) is 10.9 Å². The molecule has 0 radical (unpaired) electrons. The van der Waals surface area contributed by atoms with Crippen molar-refractivity contribution in [2.75, 3.05) is 7.11 Å². The predicted molar refractivity (Wildman–Crippen MR) is 56.9 cm³/mol. The van der Waals surface area contributed by atoms with Crippen molar-refractivity contribution in [3.63, 3.8) is 0 Å². The van der Waals surface area contributed by atoms with Gasteiger partial charge >= 0.3 is 5.97 Å². The van der Waals surface area contributed by atoms with Crippen molar-refractivity contribution < 1.29 is 19.7 Å². The Bertz CT molecular complexity index is 565. The predicted octanol–water partition coefficient (Wildman–Crippen LogP) is 1.65. The lowest BCUT2D eigenvalue weighted by Gasteiger charge is -2.06. The van der Waals surface area contributed by atoms with E-state index in [1.165, 1.54) is 13.2 Å². The van der Waals surface area contributed by atoms with Crippen LogP contribution in [0.2, 0.25) is 0 Å². The lowest BCUT2D eigenvalue weighted by Crippen LogP contribution is -1.99. The number of benzene rings is 1. The van der Waals surface area contributed by atoms with Crippen molar-refractivity contribution in [3.05, 3.63) is 30.0 Å². The number of fused-ring (bicyclic) bond motifs is 1. The highest BCUT2D eigenvalue weighted by atomic mass is 16.5. The van der Waals surface area contributed by atoms with E-state index in [-0.39, 0.29) is 11.3 Å². The van der Waals surface area contributed by atoms with Crippen LogP contribution in [-0.4, -0.2) is 28.3 Å². The second kappa shape index (κ2) is 3.69. The number of rotatable bonds is 2. The van der Waals surface area contributed by atoms with Gasteiger partial charge in [-0.25, -0.2) is 4.79 Å². The van der Waals surface area contributed by atoms with E-state index < -0.39 is 5.97 Å². The lowest BCUT2D eigenvalue weighted by molar-refractivity contribution is 0.0696. The first-order valence-electron chi connectivity index (χ1n) is 4.52. The van der Waals surface area contributed by atoms with E-state index >= 15 is 0 Å². The van der Waals surface area contributed by atoms with Crippen molar-refractivity contribution in [1.29, 1.82) is 0 Å². The first-order chi connectivity index (χ1) is 7.63. The molecule has 0 aliphatic carbocycles. The number of carboxylic acid groups (broad SMARTS) is 1. The molecule has 2 aromatic rings. The second-order valence-corrected chi connectivity index (χ2v) is 3.21. The third kappa shape index (κ3) is 1.52. The van der Waals surface area contributed by atoms with Gasteiger partial charge in [-0.15, -0.1) is 0 Å². The van der Waals surface area contributed by atoms with E-state index in [4.69, 9.17) is 9.84 Å². The molecular formula is C11H9NO4. The summed E-state index contributed by atoms with van der Waals surface area (Å²) in [6, 6.07) is 4.85. The van der Waals surface area contributed by atoms with Gasteiger partial charge < -0.3 is 14.9 Å². The van der Waals surface area contributed by atoms with Gasteiger partial charge in [-0.1, -0.05) is 0 Å². The molecular weight excluding hydrogens is 210 g/mol. The number of carbonyl (C=O) groups is 1. The Kier molecular flexibility index (Phi) is 2.36. The number of nitrogens with zero attached hydrogens (tertiary/aromatic N) is 1. The zero-order valence-electron chi connectivity index (χ0n) is 8.47. The van der Waals surface area contributed by atoms with E-state index in [2.05, 4.69) is 4.98 Å². The highest BCUT2D eigenvalue weighted by molar-refractivity contribution is 6.05. The summed E-state index contributed by atoms with van der Waals surface area (Å²) in [5.41, 5.74) is 0.333. The zero-order valence-corrected chi connectivity index (χ0v) is 8.47. The van der Waals surface area contributed by atoms with E-state index in [9.17, 15) is 9.90 Å². The molecule has 0 saturated heterocycles. The minimum absolute atomic E-state index is 0.163. The van der Waals surface area contributed by atoms with E-state index in [0.29, 0.717) is 16.7 Å². The van der Waals surface area contributed by atoms with Crippen LogP contribution >= 0.6 is 0 Å². The van der Waals surface area contributed by atoms with Crippen LogP contribution in [0.4, 0.5) is 0 Å². The number of aromatic nitrogens is 1. The molecule has 2 rings (SSSR count). The van der Waals surface area contributed by atoms with Crippen molar-refractivity contribution in [2.45, 2.75) is 0 Å². The Hall–Kier alpha value is -2.30. The fourth-order valence-corrected chi connectivity index (χ4v) is 1.51. The van der Waals surface area contributed by atoms with Crippen molar-refractivity contribution in [2.24, 2.45) is 0 Å². The first kappa shape index (κ1) is 10.2. The van der Waals surface area contributed by atoms with E-state index in [1.54, 1.807) is 12.1 Å². The maximum absolute atomic E-state index is 11.0. The lowest BCUT2D eigenvalue weighted by atomic mass is 10.1. The molecule has 5 heteroatoms. The summed E-state index contributed by atoms with van der Waals surface area (Å²) < 4.78 is 4.99. The average molecular weight is 219 g/mol. The van der Waals surface area contributed by atoms with Gasteiger partial charge in [0, 0.05) is 5.39 Å². The first-order valence-corrected chi connectivity index (χ1v) is 4.52. The third-order valence-corrected chi connectivity index (χ3v) is 2.27.